The maximum Gasteiger partial charge on any atom is 0.238 e. The third kappa shape index (κ3) is 4.02. The van der Waals surface area contributed by atoms with Crippen molar-refractivity contribution in [2.75, 3.05) is 23.1 Å². The number of hydrogen-bond donors (Lipinski definition) is 1. The van der Waals surface area contributed by atoms with Crippen LogP contribution in [0.1, 0.15) is 30.7 Å². The van der Waals surface area contributed by atoms with Crippen LogP contribution in [0.5, 0.6) is 5.75 Å². The fraction of sp³-hybridized carbons (Fsp3) is 0.300. The molecule has 0 spiro atoms. The van der Waals surface area contributed by atoms with E-state index in [0.29, 0.717) is 12.2 Å². The summed E-state index contributed by atoms with van der Waals surface area (Å²) in [5.74, 6) is 1.27. The van der Waals surface area contributed by atoms with Gasteiger partial charge in [0.15, 0.2) is 0 Å². The molecule has 0 aliphatic carbocycles. The summed E-state index contributed by atoms with van der Waals surface area (Å²) in [6.07, 6.45) is 1.31. The van der Waals surface area contributed by atoms with Crippen LogP contribution in [-0.2, 0) is 9.59 Å². The third-order valence-electron chi connectivity index (χ3n) is 4.15. The second kappa shape index (κ2) is 8.27. The van der Waals surface area contributed by atoms with E-state index >= 15 is 0 Å². The molecule has 1 saturated heterocycles. The van der Waals surface area contributed by atoms with E-state index in [0.717, 1.165) is 29.1 Å². The summed E-state index contributed by atoms with van der Waals surface area (Å²) in [5.41, 5.74) is 2.59. The van der Waals surface area contributed by atoms with Crippen LogP contribution in [-0.4, -0.2) is 24.7 Å². The van der Waals surface area contributed by atoms with Crippen molar-refractivity contribution in [2.24, 2.45) is 0 Å². The van der Waals surface area contributed by atoms with Gasteiger partial charge in [0.1, 0.15) is 11.1 Å². The molecule has 2 aromatic rings. The van der Waals surface area contributed by atoms with Crippen LogP contribution < -0.4 is 15.0 Å². The van der Waals surface area contributed by atoms with Crippen LogP contribution in [0.15, 0.2) is 48.5 Å². The molecule has 5 nitrogen and oxygen atoms in total. The average Bonchev–Trinajstić information content (AvgIpc) is 3.04. The number of hydrogen-bond acceptors (Lipinski definition) is 4. The first-order valence-corrected chi connectivity index (χ1v) is 9.64. The molecule has 1 heterocycles. The molecule has 2 aromatic carbocycles. The van der Waals surface area contributed by atoms with Gasteiger partial charge in [-0.3, -0.25) is 14.5 Å². The minimum atomic E-state index is -0.112. The molecular formula is C20H22N2O3S. The monoisotopic (exact) mass is 370 g/mol. The van der Waals surface area contributed by atoms with Crippen LogP contribution >= 0.6 is 11.8 Å². The quantitative estimate of drug-likeness (QED) is 0.827. The third-order valence-corrected chi connectivity index (χ3v) is 5.36. The first-order chi connectivity index (χ1) is 12.6. The maximum absolute atomic E-state index is 12.5. The highest BCUT2D eigenvalue weighted by Crippen LogP contribution is 2.42. The van der Waals surface area contributed by atoms with Gasteiger partial charge in [0.25, 0.3) is 0 Å². The summed E-state index contributed by atoms with van der Waals surface area (Å²) in [6.45, 7) is 1.98. The number of carbonyl (C=O) groups is 2. The molecule has 6 heteroatoms. The molecule has 0 bridgehead atoms. The SMILES string of the molecule is CCCC(=O)Nc1cccc([C@@H]2SCC(=O)N2c2ccc(OC)cc2)c1. The number of anilines is 2. The standard InChI is InChI=1S/C20H22N2O3S/c1-3-5-18(23)21-15-7-4-6-14(12-15)20-22(19(24)13-26-20)16-8-10-17(25-2)11-9-16/h4,6-12,20H,3,5,13H2,1-2H3,(H,21,23)/t20-/m0/s1. The molecule has 0 unspecified atom stereocenters. The van der Waals surface area contributed by atoms with Crippen LogP contribution in [0.4, 0.5) is 11.4 Å². The first kappa shape index (κ1) is 18.3. The van der Waals surface area contributed by atoms with Gasteiger partial charge in [-0.15, -0.1) is 11.8 Å². The molecule has 0 saturated carbocycles. The zero-order chi connectivity index (χ0) is 18.5. The molecule has 136 valence electrons. The fourth-order valence-electron chi connectivity index (χ4n) is 2.91. The number of thioether (sulfide) groups is 1. The second-order valence-electron chi connectivity index (χ2n) is 6.05. The lowest BCUT2D eigenvalue weighted by molar-refractivity contribution is -0.116. The Bertz CT molecular complexity index is 792. The predicted octanol–water partition coefficient (Wildman–Crippen LogP) is 4.21. The van der Waals surface area contributed by atoms with E-state index in [1.807, 2.05) is 55.5 Å². The largest absolute Gasteiger partial charge is 0.497 e. The zero-order valence-electron chi connectivity index (χ0n) is 14.9. The van der Waals surface area contributed by atoms with Crippen molar-refractivity contribution in [3.8, 4) is 5.75 Å². The summed E-state index contributed by atoms with van der Waals surface area (Å²) < 4.78 is 5.19. The summed E-state index contributed by atoms with van der Waals surface area (Å²) in [4.78, 5) is 26.1. The summed E-state index contributed by atoms with van der Waals surface area (Å²) in [5, 5.41) is 2.81. The molecule has 1 atom stereocenters. The Morgan fingerprint density at radius 2 is 2.04 bits per heavy atom. The molecule has 1 N–H and O–H groups in total. The van der Waals surface area contributed by atoms with Crippen molar-refractivity contribution < 1.29 is 14.3 Å². The van der Waals surface area contributed by atoms with Crippen molar-refractivity contribution in [3.05, 3.63) is 54.1 Å². The van der Waals surface area contributed by atoms with Crippen LogP contribution in [0.2, 0.25) is 0 Å². The minimum absolute atomic E-state index is 0.00631. The minimum Gasteiger partial charge on any atom is -0.497 e. The van der Waals surface area contributed by atoms with Gasteiger partial charge < -0.3 is 10.1 Å². The highest BCUT2D eigenvalue weighted by Gasteiger charge is 2.34. The molecule has 3 rings (SSSR count). The van der Waals surface area contributed by atoms with Gasteiger partial charge in [-0.25, -0.2) is 0 Å². The van der Waals surface area contributed by atoms with E-state index in [-0.39, 0.29) is 17.2 Å². The number of methoxy groups -OCH3 is 1. The fourth-order valence-corrected chi connectivity index (χ4v) is 4.08. The number of benzene rings is 2. The number of rotatable bonds is 6. The Balaban J connectivity index is 1.84. The highest BCUT2D eigenvalue weighted by atomic mass is 32.2. The molecule has 0 aromatic heterocycles. The Labute approximate surface area is 157 Å². The van der Waals surface area contributed by atoms with Crippen LogP contribution in [0.25, 0.3) is 0 Å². The van der Waals surface area contributed by atoms with E-state index in [4.69, 9.17) is 4.74 Å². The van der Waals surface area contributed by atoms with Crippen molar-refractivity contribution in [2.45, 2.75) is 25.1 Å². The molecule has 2 amide bonds. The Morgan fingerprint density at radius 1 is 1.27 bits per heavy atom. The normalized spacial score (nSPS) is 16.6. The lowest BCUT2D eigenvalue weighted by atomic mass is 10.1. The van der Waals surface area contributed by atoms with E-state index in [1.165, 1.54) is 0 Å². The van der Waals surface area contributed by atoms with E-state index < -0.39 is 0 Å². The lowest BCUT2D eigenvalue weighted by Gasteiger charge is -2.25. The first-order valence-electron chi connectivity index (χ1n) is 8.60. The number of nitrogens with zero attached hydrogens (tertiary/aromatic N) is 1. The number of amides is 2. The van der Waals surface area contributed by atoms with Crippen molar-refractivity contribution in [3.63, 3.8) is 0 Å². The zero-order valence-corrected chi connectivity index (χ0v) is 15.7. The van der Waals surface area contributed by atoms with Gasteiger partial charge in [-0.2, -0.15) is 0 Å². The molecule has 0 radical (unpaired) electrons. The van der Waals surface area contributed by atoms with E-state index in [2.05, 4.69) is 5.32 Å². The van der Waals surface area contributed by atoms with Gasteiger partial charge >= 0.3 is 0 Å². The lowest BCUT2D eigenvalue weighted by Crippen LogP contribution is -2.27. The van der Waals surface area contributed by atoms with Gasteiger partial charge in [-0.05, 0) is 48.4 Å². The Hall–Kier alpha value is -2.47. The summed E-state index contributed by atoms with van der Waals surface area (Å²) in [6, 6.07) is 15.2. The van der Waals surface area contributed by atoms with Crippen molar-refractivity contribution >= 4 is 35.0 Å². The molecule has 1 aliphatic heterocycles. The van der Waals surface area contributed by atoms with E-state index in [1.54, 1.807) is 23.8 Å². The Morgan fingerprint density at radius 3 is 2.73 bits per heavy atom. The summed E-state index contributed by atoms with van der Waals surface area (Å²) >= 11 is 1.59. The van der Waals surface area contributed by atoms with E-state index in [9.17, 15) is 9.59 Å². The van der Waals surface area contributed by atoms with Crippen LogP contribution in [0.3, 0.4) is 0 Å². The topological polar surface area (TPSA) is 58.6 Å². The van der Waals surface area contributed by atoms with Gasteiger partial charge in [-0.1, -0.05) is 19.1 Å². The van der Waals surface area contributed by atoms with Crippen molar-refractivity contribution in [1.29, 1.82) is 0 Å². The summed E-state index contributed by atoms with van der Waals surface area (Å²) in [7, 11) is 1.62. The Kier molecular flexibility index (Phi) is 5.83. The maximum atomic E-state index is 12.5. The second-order valence-corrected chi connectivity index (χ2v) is 7.12. The smallest absolute Gasteiger partial charge is 0.238 e. The predicted molar refractivity (Wildman–Crippen MR) is 106 cm³/mol. The average molecular weight is 370 g/mol. The van der Waals surface area contributed by atoms with Crippen molar-refractivity contribution in [1.82, 2.24) is 0 Å². The highest BCUT2D eigenvalue weighted by molar-refractivity contribution is 8.00. The molecule has 26 heavy (non-hydrogen) atoms. The number of nitrogens with one attached hydrogen (secondary N) is 1. The van der Waals surface area contributed by atoms with Gasteiger partial charge in [0.05, 0.1) is 12.9 Å². The molecule has 1 aliphatic rings. The number of ether oxygens (including phenoxy) is 1. The molecular weight excluding hydrogens is 348 g/mol. The van der Waals surface area contributed by atoms with Gasteiger partial charge in [0, 0.05) is 17.8 Å². The molecule has 1 fully saturated rings. The van der Waals surface area contributed by atoms with Gasteiger partial charge in [0.2, 0.25) is 11.8 Å². The van der Waals surface area contributed by atoms with Crippen LogP contribution in [0, 0.1) is 0 Å². The number of carbonyl (C=O) groups excluding carboxylic acids is 2.